The third kappa shape index (κ3) is 5.97. The van der Waals surface area contributed by atoms with Crippen LogP contribution >= 0.6 is 24.8 Å². The van der Waals surface area contributed by atoms with Gasteiger partial charge in [0.2, 0.25) is 5.91 Å². The number of hydrogen-bond acceptors (Lipinski definition) is 5. The smallest absolute Gasteiger partial charge is 0.227 e. The van der Waals surface area contributed by atoms with E-state index in [2.05, 4.69) is 23.7 Å². The van der Waals surface area contributed by atoms with Gasteiger partial charge >= 0.3 is 0 Å². The van der Waals surface area contributed by atoms with Gasteiger partial charge in [-0.2, -0.15) is 0 Å². The lowest BCUT2D eigenvalue weighted by Gasteiger charge is -2.35. The number of carbonyl (C=O) groups excluding carboxylic acids is 1. The van der Waals surface area contributed by atoms with Crippen LogP contribution in [0.3, 0.4) is 0 Å². The van der Waals surface area contributed by atoms with Gasteiger partial charge in [-0.3, -0.25) is 4.79 Å². The predicted octanol–water partition coefficient (Wildman–Crippen LogP) is 3.23. The first kappa shape index (κ1) is 24.0. The van der Waals surface area contributed by atoms with Gasteiger partial charge in [0, 0.05) is 49.5 Å². The van der Waals surface area contributed by atoms with Crippen molar-refractivity contribution >= 4 is 42.2 Å². The quantitative estimate of drug-likeness (QED) is 0.760. The molecular weight excluding hydrogens is 397 g/mol. The van der Waals surface area contributed by atoms with E-state index in [4.69, 9.17) is 10.7 Å². The summed E-state index contributed by atoms with van der Waals surface area (Å²) in [7, 11) is 0. The highest BCUT2D eigenvalue weighted by Gasteiger charge is 2.22. The zero-order valence-electron chi connectivity index (χ0n) is 16.6. The van der Waals surface area contributed by atoms with Gasteiger partial charge in [0.05, 0.1) is 6.42 Å². The third-order valence-electron chi connectivity index (χ3n) is 4.67. The number of anilines is 2. The molecule has 2 heterocycles. The van der Waals surface area contributed by atoms with Gasteiger partial charge in [0.1, 0.15) is 11.6 Å². The van der Waals surface area contributed by atoms with E-state index in [9.17, 15) is 4.79 Å². The molecule has 1 saturated heterocycles. The number of carbonyl (C=O) groups is 1. The molecule has 0 atom stereocenters. The van der Waals surface area contributed by atoms with Gasteiger partial charge < -0.3 is 15.5 Å². The summed E-state index contributed by atoms with van der Waals surface area (Å²) < 4.78 is 0. The summed E-state index contributed by atoms with van der Waals surface area (Å²) >= 11 is 0. The minimum Gasteiger partial charge on any atom is -0.399 e. The number of rotatable bonds is 4. The number of nitrogens with two attached hydrogens (primary N) is 1. The lowest BCUT2D eigenvalue weighted by molar-refractivity contribution is -0.130. The molecule has 2 aromatic rings. The molecule has 1 aliphatic rings. The monoisotopic (exact) mass is 425 g/mol. The van der Waals surface area contributed by atoms with Crippen molar-refractivity contribution in [1.29, 1.82) is 0 Å². The third-order valence-corrected chi connectivity index (χ3v) is 4.67. The summed E-state index contributed by atoms with van der Waals surface area (Å²) in [5.41, 5.74) is 8.40. The summed E-state index contributed by atoms with van der Waals surface area (Å²) in [6.45, 7) is 9.23. The van der Waals surface area contributed by atoms with E-state index in [1.165, 1.54) is 0 Å². The van der Waals surface area contributed by atoms with E-state index in [1.807, 2.05) is 42.2 Å². The molecule has 0 radical (unpaired) electrons. The molecule has 3 rings (SSSR count). The average Bonchev–Trinajstić information content (AvgIpc) is 2.63. The van der Waals surface area contributed by atoms with Crippen molar-refractivity contribution in [2.75, 3.05) is 36.8 Å². The fourth-order valence-corrected chi connectivity index (χ4v) is 3.10. The van der Waals surface area contributed by atoms with Crippen molar-refractivity contribution in [2.45, 2.75) is 33.1 Å². The van der Waals surface area contributed by atoms with Crippen LogP contribution in [0, 0.1) is 6.92 Å². The number of hydrogen-bond donors (Lipinski definition) is 1. The maximum atomic E-state index is 12.5. The number of nitrogens with zero attached hydrogens (tertiary/aromatic N) is 4. The molecule has 1 amide bonds. The van der Waals surface area contributed by atoms with Gasteiger partial charge in [-0.05, 0) is 24.6 Å². The second-order valence-electron chi connectivity index (χ2n) is 7.17. The molecule has 1 fully saturated rings. The first-order valence-corrected chi connectivity index (χ1v) is 9.15. The highest BCUT2D eigenvalue weighted by Crippen LogP contribution is 2.19. The van der Waals surface area contributed by atoms with Crippen LogP contribution in [-0.2, 0) is 11.2 Å². The Hall–Kier alpha value is -2.05. The molecule has 0 saturated carbocycles. The minimum absolute atomic E-state index is 0. The van der Waals surface area contributed by atoms with Crippen molar-refractivity contribution in [1.82, 2.24) is 14.9 Å². The molecule has 1 aromatic carbocycles. The Bertz CT molecular complexity index is 775. The summed E-state index contributed by atoms with van der Waals surface area (Å²) in [4.78, 5) is 25.9. The molecule has 2 N–H and O–H groups in total. The maximum absolute atomic E-state index is 12.5. The highest BCUT2D eigenvalue weighted by molar-refractivity contribution is 5.85. The Morgan fingerprint density at radius 2 is 1.68 bits per heavy atom. The lowest BCUT2D eigenvalue weighted by Crippen LogP contribution is -2.49. The zero-order valence-corrected chi connectivity index (χ0v) is 18.2. The van der Waals surface area contributed by atoms with Crippen LogP contribution in [0.2, 0.25) is 0 Å². The normalized spacial score (nSPS) is 13.7. The molecule has 0 aliphatic carbocycles. The molecule has 154 valence electrons. The number of benzene rings is 1. The Morgan fingerprint density at radius 1 is 1.07 bits per heavy atom. The molecule has 0 unspecified atom stereocenters. The summed E-state index contributed by atoms with van der Waals surface area (Å²) in [5.74, 6) is 2.31. The summed E-state index contributed by atoms with van der Waals surface area (Å²) in [6.07, 6.45) is 0.421. The van der Waals surface area contributed by atoms with Crippen molar-refractivity contribution in [3.05, 3.63) is 47.4 Å². The van der Waals surface area contributed by atoms with Crippen LogP contribution in [0.25, 0.3) is 0 Å². The van der Waals surface area contributed by atoms with Crippen molar-refractivity contribution in [3.8, 4) is 0 Å². The first-order chi connectivity index (χ1) is 12.4. The van der Waals surface area contributed by atoms with Gasteiger partial charge in [0.15, 0.2) is 0 Å². The largest absolute Gasteiger partial charge is 0.399 e. The van der Waals surface area contributed by atoms with Crippen molar-refractivity contribution in [3.63, 3.8) is 0 Å². The standard InChI is InChI=1S/C20H27N5O.2ClH/c1-14(2)20-22-15(3)12-18(23-20)24-8-10-25(11-9-24)19(26)13-16-4-6-17(21)7-5-16;;/h4-7,12,14H,8-11,13,21H2,1-3H3;2*1H. The van der Waals surface area contributed by atoms with E-state index in [1.54, 1.807) is 0 Å². The summed E-state index contributed by atoms with van der Waals surface area (Å²) in [6, 6.07) is 9.54. The van der Waals surface area contributed by atoms with Gasteiger partial charge in [-0.15, -0.1) is 24.8 Å². The molecule has 6 nitrogen and oxygen atoms in total. The number of aromatic nitrogens is 2. The molecule has 28 heavy (non-hydrogen) atoms. The predicted molar refractivity (Wildman–Crippen MR) is 119 cm³/mol. The topological polar surface area (TPSA) is 75.3 Å². The van der Waals surface area contributed by atoms with Gasteiger partial charge in [0.25, 0.3) is 0 Å². The number of nitrogen functional groups attached to an aromatic ring is 1. The molecule has 0 spiro atoms. The van der Waals surface area contributed by atoms with Crippen LogP contribution in [-0.4, -0.2) is 47.0 Å². The van der Waals surface area contributed by atoms with Crippen LogP contribution in [0.1, 0.15) is 36.8 Å². The molecule has 1 aliphatic heterocycles. The Kier molecular flexibility index (Phi) is 8.98. The van der Waals surface area contributed by atoms with Gasteiger partial charge in [-0.1, -0.05) is 26.0 Å². The Labute approximate surface area is 179 Å². The Morgan fingerprint density at radius 3 is 2.25 bits per heavy atom. The van der Waals surface area contributed by atoms with E-state index >= 15 is 0 Å². The number of amides is 1. The van der Waals surface area contributed by atoms with Crippen LogP contribution in [0.15, 0.2) is 30.3 Å². The van der Waals surface area contributed by atoms with Crippen LogP contribution in [0.4, 0.5) is 11.5 Å². The van der Waals surface area contributed by atoms with E-state index in [0.717, 1.165) is 41.7 Å². The Balaban J connectivity index is 0.00000196. The molecule has 1 aromatic heterocycles. The average molecular weight is 426 g/mol. The number of halogens is 2. The van der Waals surface area contributed by atoms with E-state index in [-0.39, 0.29) is 30.7 Å². The van der Waals surface area contributed by atoms with Crippen LogP contribution < -0.4 is 10.6 Å². The minimum atomic E-state index is 0. The van der Waals surface area contributed by atoms with Crippen LogP contribution in [0.5, 0.6) is 0 Å². The second kappa shape index (κ2) is 10.5. The molecular formula is C20H29Cl2N5O. The fraction of sp³-hybridized carbons (Fsp3) is 0.450. The fourth-order valence-electron chi connectivity index (χ4n) is 3.10. The lowest BCUT2D eigenvalue weighted by atomic mass is 10.1. The van der Waals surface area contributed by atoms with Gasteiger partial charge in [-0.25, -0.2) is 9.97 Å². The summed E-state index contributed by atoms with van der Waals surface area (Å²) in [5, 5.41) is 0. The maximum Gasteiger partial charge on any atom is 0.227 e. The molecule has 8 heteroatoms. The van der Waals surface area contributed by atoms with E-state index in [0.29, 0.717) is 25.4 Å². The first-order valence-electron chi connectivity index (χ1n) is 9.15. The highest BCUT2D eigenvalue weighted by atomic mass is 35.5. The second-order valence-corrected chi connectivity index (χ2v) is 7.17. The van der Waals surface area contributed by atoms with Crippen molar-refractivity contribution in [2.24, 2.45) is 0 Å². The SMILES string of the molecule is Cc1cc(N2CCN(C(=O)Cc3ccc(N)cc3)CC2)nc(C(C)C)n1.Cl.Cl. The molecule has 0 bridgehead atoms. The zero-order chi connectivity index (χ0) is 18.7. The van der Waals surface area contributed by atoms with Crippen molar-refractivity contribution < 1.29 is 4.79 Å². The number of piperazine rings is 1. The van der Waals surface area contributed by atoms with E-state index < -0.39 is 0 Å². The number of aryl methyl sites for hydroxylation is 1.